The first kappa shape index (κ1) is 29.9. The van der Waals surface area contributed by atoms with Crippen LogP contribution in [0.3, 0.4) is 0 Å². The first-order valence-electron chi connectivity index (χ1n) is 17.2. The molecule has 0 saturated carbocycles. The predicted molar refractivity (Wildman–Crippen MR) is 215 cm³/mol. The van der Waals surface area contributed by atoms with E-state index in [0.717, 1.165) is 21.9 Å². The van der Waals surface area contributed by atoms with Crippen molar-refractivity contribution in [2.24, 2.45) is 0 Å². The van der Waals surface area contributed by atoms with Gasteiger partial charge in [-0.1, -0.05) is 12.1 Å². The van der Waals surface area contributed by atoms with Gasteiger partial charge in [0.05, 0.1) is 0 Å². The van der Waals surface area contributed by atoms with Crippen LogP contribution in [0.15, 0.2) is 175 Å². The Morgan fingerprint density at radius 3 is 1.68 bits per heavy atom. The molecule has 50 heavy (non-hydrogen) atoms. The van der Waals surface area contributed by atoms with Crippen molar-refractivity contribution >= 4 is 56.5 Å². The summed E-state index contributed by atoms with van der Waals surface area (Å²) in [6.07, 6.45) is 4.07. The molecule has 0 spiro atoms. The van der Waals surface area contributed by atoms with Gasteiger partial charge in [0.1, 0.15) is 0 Å². The summed E-state index contributed by atoms with van der Waals surface area (Å²) >= 11 is 0. The molecule has 1 nitrogen and oxygen atoms in total. The van der Waals surface area contributed by atoms with E-state index in [1.54, 1.807) is 0 Å². The molecule has 0 bridgehead atoms. The van der Waals surface area contributed by atoms with Crippen LogP contribution in [0.25, 0.3) is 94.1 Å². The van der Waals surface area contributed by atoms with Crippen molar-refractivity contribution in [3.05, 3.63) is 181 Å². The molecule has 1 aromatic heterocycles. The van der Waals surface area contributed by atoms with Crippen LogP contribution in [0.2, 0.25) is 6.82 Å². The molecule has 0 aliphatic carbocycles. The van der Waals surface area contributed by atoms with Crippen molar-refractivity contribution in [3.8, 4) is 44.5 Å². The van der Waals surface area contributed by atoms with Crippen LogP contribution in [-0.2, 0) is 0 Å². The topological polar surface area (TPSA) is 13.1 Å². The van der Waals surface area contributed by atoms with E-state index in [1.807, 2.05) is 18.2 Å². The Bertz CT molecular complexity index is 2870. The van der Waals surface area contributed by atoms with E-state index in [9.17, 15) is 0 Å². The average Bonchev–Trinajstić information content (AvgIpc) is 3.55. The molecule has 9 aromatic rings. The molecule has 8 aromatic carbocycles. The molecule has 0 aliphatic heterocycles. The average molecular weight is 637 g/mol. The summed E-state index contributed by atoms with van der Waals surface area (Å²) in [5.74, 6) is 0. The van der Waals surface area contributed by atoms with Crippen LogP contribution >= 0.6 is 0 Å². The zero-order valence-electron chi connectivity index (χ0n) is 27.9. The third kappa shape index (κ3) is 5.00. The zero-order chi connectivity index (χ0) is 33.6. The standard InChI is InChI=1S/C48H33BO/c1-3-10-42-46(34-22-17-32(18-23-34)37-26-21-31-11-4-5-12-36(31)29-37)40-14-6-7-15-41(40)47(48(42)49-2)35-24-19-33(20-25-35)38-27-28-45-43(30-38)39-13-8-9-16-44(39)50-45/h3-30H,1H2,2H3/b42-10-. The first-order chi connectivity index (χ1) is 24.7. The van der Waals surface area contributed by atoms with E-state index >= 15 is 0 Å². The fourth-order valence-electron chi connectivity index (χ4n) is 7.62. The molecule has 0 fully saturated rings. The SMILES string of the molecule is C=C/C=c1/c(-c2ccc(-c3ccc4ccccc4c3)cc2)c2ccccc2c(-c2ccc(-c3ccc4oc5ccccc5c4c3)cc2)/c1=B/C. The van der Waals surface area contributed by atoms with Gasteiger partial charge in [0.2, 0.25) is 0 Å². The normalized spacial score (nSPS) is 12.3. The molecule has 0 saturated heterocycles. The van der Waals surface area contributed by atoms with Crippen molar-refractivity contribution in [2.75, 3.05) is 0 Å². The second-order valence-corrected chi connectivity index (χ2v) is 12.8. The maximum atomic E-state index is 6.09. The molecule has 0 aliphatic rings. The predicted octanol–water partition coefficient (Wildman–Crippen LogP) is 12.5. The summed E-state index contributed by atoms with van der Waals surface area (Å²) in [6, 6.07) is 56.8. The number of hydrogen-bond donors (Lipinski definition) is 0. The van der Waals surface area contributed by atoms with Gasteiger partial charge in [-0.3, -0.25) is 0 Å². The Labute approximate surface area is 292 Å². The number of hydrogen-bond acceptors (Lipinski definition) is 1. The fraction of sp³-hybridized carbons (Fsp3) is 0.0208. The number of benzene rings is 8. The molecule has 0 radical (unpaired) electrons. The first-order valence-corrected chi connectivity index (χ1v) is 17.2. The third-order valence-electron chi connectivity index (χ3n) is 10.0. The number of rotatable bonds is 5. The Kier molecular flexibility index (Phi) is 7.36. The van der Waals surface area contributed by atoms with Crippen molar-refractivity contribution in [3.63, 3.8) is 0 Å². The summed E-state index contributed by atoms with van der Waals surface area (Å²) < 4.78 is 6.09. The molecule has 1 heterocycles. The molecule has 234 valence electrons. The van der Waals surface area contributed by atoms with Crippen LogP contribution in [0.1, 0.15) is 0 Å². The van der Waals surface area contributed by atoms with Crippen LogP contribution in [0.4, 0.5) is 0 Å². The summed E-state index contributed by atoms with van der Waals surface area (Å²) in [4.78, 5) is 0. The second-order valence-electron chi connectivity index (χ2n) is 12.8. The van der Waals surface area contributed by atoms with Gasteiger partial charge in [-0.25, -0.2) is 0 Å². The van der Waals surface area contributed by atoms with Crippen molar-refractivity contribution in [1.29, 1.82) is 0 Å². The van der Waals surface area contributed by atoms with E-state index < -0.39 is 0 Å². The second kappa shape index (κ2) is 12.3. The summed E-state index contributed by atoms with van der Waals surface area (Å²) in [5, 5.41) is 9.63. The van der Waals surface area contributed by atoms with E-state index in [0.29, 0.717) is 0 Å². The number of fused-ring (bicyclic) bond motifs is 5. The molecular formula is C48H33BO. The van der Waals surface area contributed by atoms with E-state index in [1.165, 1.54) is 76.4 Å². The Hall–Kier alpha value is -6.25. The summed E-state index contributed by atoms with van der Waals surface area (Å²) in [6.45, 7) is 8.52. The van der Waals surface area contributed by atoms with E-state index in [-0.39, 0.29) is 0 Å². The Balaban J connectivity index is 1.17. The zero-order valence-corrected chi connectivity index (χ0v) is 27.9. The maximum absolute atomic E-state index is 6.09. The van der Waals surface area contributed by atoms with Gasteiger partial charge in [0, 0.05) is 0 Å². The van der Waals surface area contributed by atoms with E-state index in [4.69, 9.17) is 4.42 Å². The Morgan fingerprint density at radius 1 is 0.460 bits per heavy atom. The molecule has 0 unspecified atom stereocenters. The molecule has 0 amide bonds. The Morgan fingerprint density at radius 2 is 0.980 bits per heavy atom. The summed E-state index contributed by atoms with van der Waals surface area (Å²) in [7, 11) is 0. The van der Waals surface area contributed by atoms with Gasteiger partial charge in [0.25, 0.3) is 0 Å². The number of furan rings is 1. The van der Waals surface area contributed by atoms with Gasteiger partial charge in [-0.2, -0.15) is 0 Å². The van der Waals surface area contributed by atoms with Gasteiger partial charge in [-0.05, 0) is 0 Å². The summed E-state index contributed by atoms with van der Waals surface area (Å²) in [5.41, 5.74) is 11.4. The van der Waals surface area contributed by atoms with E-state index in [2.05, 4.69) is 172 Å². The third-order valence-corrected chi connectivity index (χ3v) is 10.0. The minimum absolute atomic E-state index is 0.913. The van der Waals surface area contributed by atoms with Crippen molar-refractivity contribution < 1.29 is 4.42 Å². The van der Waals surface area contributed by atoms with Crippen LogP contribution in [0, 0.1) is 5.11 Å². The quantitative estimate of drug-likeness (QED) is 0.171. The van der Waals surface area contributed by atoms with Crippen LogP contribution in [0.5, 0.6) is 0 Å². The van der Waals surface area contributed by atoms with Crippen molar-refractivity contribution in [1.82, 2.24) is 0 Å². The molecular weight excluding hydrogens is 603 g/mol. The van der Waals surface area contributed by atoms with Gasteiger partial charge < -0.3 is 0 Å². The monoisotopic (exact) mass is 636 g/mol. The van der Waals surface area contributed by atoms with Crippen LogP contribution in [-0.4, -0.2) is 6.92 Å². The van der Waals surface area contributed by atoms with Gasteiger partial charge in [0.15, 0.2) is 0 Å². The van der Waals surface area contributed by atoms with Gasteiger partial charge in [-0.15, -0.1) is 0 Å². The van der Waals surface area contributed by atoms with Crippen LogP contribution < -0.4 is 5.22 Å². The molecule has 2 heteroatoms. The fourth-order valence-corrected chi connectivity index (χ4v) is 7.62. The van der Waals surface area contributed by atoms with Crippen molar-refractivity contribution in [2.45, 2.75) is 6.82 Å². The minimum atomic E-state index is 0.913. The number of para-hydroxylation sites is 1. The molecule has 0 N–H and O–H groups in total. The number of allylic oxidation sites excluding steroid dienone is 1. The van der Waals surface area contributed by atoms with Gasteiger partial charge >= 0.3 is 281 Å². The molecule has 0 atom stereocenters. The molecule has 9 rings (SSSR count).